The second kappa shape index (κ2) is 7.31. The molecule has 0 aliphatic carbocycles. The van der Waals surface area contributed by atoms with Crippen LogP contribution in [0.4, 0.5) is 0 Å². The van der Waals surface area contributed by atoms with E-state index in [1.165, 1.54) is 0 Å². The number of halogens is 2. The van der Waals surface area contributed by atoms with Crippen LogP contribution in [0.15, 0.2) is 23.4 Å². The molecule has 8 heteroatoms. The molecule has 1 fully saturated rings. The number of amidine groups is 1. The van der Waals surface area contributed by atoms with Gasteiger partial charge in [-0.3, -0.25) is 0 Å². The Hall–Kier alpha value is -1.52. The summed E-state index contributed by atoms with van der Waals surface area (Å²) in [6.07, 6.45) is 0.291. The fraction of sp³-hybridized carbons (Fsp3) is 0.333. The van der Waals surface area contributed by atoms with E-state index in [9.17, 15) is 0 Å². The molecule has 1 aromatic rings. The lowest BCUT2D eigenvalue weighted by molar-refractivity contribution is -0.0989. The molecular formula is C12H13Cl2N3O3. The first kappa shape index (κ1) is 16.5. The highest BCUT2D eigenvalue weighted by Gasteiger charge is 2.41. The monoisotopic (exact) mass is 317 g/mol. The maximum atomic E-state index is 8.79. The molecule has 0 atom stereocenters. The van der Waals surface area contributed by atoms with Crippen molar-refractivity contribution in [3.8, 4) is 6.57 Å². The lowest BCUT2D eigenvalue weighted by atomic mass is 10.0. The third kappa shape index (κ3) is 3.52. The predicted octanol–water partition coefficient (Wildman–Crippen LogP) is 2.17. The van der Waals surface area contributed by atoms with Crippen LogP contribution in [-0.2, 0) is 15.9 Å². The summed E-state index contributed by atoms with van der Waals surface area (Å²) in [7, 11) is 0. The summed E-state index contributed by atoms with van der Waals surface area (Å²) >= 11 is 11.8. The number of hydrogen-bond acceptors (Lipinski definition) is 5. The number of rotatable bonds is 3. The molecule has 1 saturated heterocycles. The van der Waals surface area contributed by atoms with Gasteiger partial charge in [-0.2, -0.15) is 0 Å². The maximum Gasteiger partial charge on any atom is 0.235 e. The number of oxime groups is 1. The summed E-state index contributed by atoms with van der Waals surface area (Å²) in [5.74, 6) is -1.35. The van der Waals surface area contributed by atoms with Gasteiger partial charge in [0.1, 0.15) is 0 Å². The molecule has 0 saturated carbocycles. The average molecular weight is 318 g/mol. The van der Waals surface area contributed by atoms with E-state index in [4.69, 9.17) is 48.9 Å². The van der Waals surface area contributed by atoms with Gasteiger partial charge in [0.05, 0.1) is 23.3 Å². The fourth-order valence-corrected chi connectivity index (χ4v) is 2.11. The standard InChI is InChI=1S/C11H12Cl2N2O3.CHN/c12-8-2-1-7(5-9(8)13)6-11(10(14)15-16)17-3-4-18-11;1-2/h1-2,5,16H,3-4,6H2,(H2,14,15);1H. The first-order chi connectivity index (χ1) is 9.57. The molecule has 1 aromatic carbocycles. The van der Waals surface area contributed by atoms with Gasteiger partial charge in [-0.05, 0) is 17.7 Å². The molecule has 2 rings (SSSR count). The van der Waals surface area contributed by atoms with Crippen molar-refractivity contribution in [1.82, 2.24) is 0 Å². The minimum Gasteiger partial charge on any atom is -0.409 e. The van der Waals surface area contributed by atoms with Crippen LogP contribution in [-0.4, -0.2) is 30.0 Å². The van der Waals surface area contributed by atoms with Crippen molar-refractivity contribution in [2.75, 3.05) is 13.2 Å². The van der Waals surface area contributed by atoms with E-state index in [2.05, 4.69) is 11.7 Å². The highest BCUT2D eigenvalue weighted by molar-refractivity contribution is 6.42. The molecule has 1 heterocycles. The molecule has 20 heavy (non-hydrogen) atoms. The Morgan fingerprint density at radius 2 is 1.95 bits per heavy atom. The number of ether oxygens (including phenoxy) is 2. The number of nitrogens with zero attached hydrogens (tertiary/aromatic N) is 2. The van der Waals surface area contributed by atoms with Crippen molar-refractivity contribution < 1.29 is 14.7 Å². The lowest BCUT2D eigenvalue weighted by Crippen LogP contribution is -2.47. The molecule has 3 N–H and O–H groups in total. The van der Waals surface area contributed by atoms with Crippen molar-refractivity contribution in [1.29, 1.82) is 5.26 Å². The highest BCUT2D eigenvalue weighted by atomic mass is 35.5. The van der Waals surface area contributed by atoms with Gasteiger partial charge in [0.2, 0.25) is 5.79 Å². The van der Waals surface area contributed by atoms with Crippen molar-refractivity contribution in [2.45, 2.75) is 12.2 Å². The first-order valence-corrected chi connectivity index (χ1v) is 6.29. The first-order valence-electron chi connectivity index (χ1n) is 5.53. The lowest BCUT2D eigenvalue weighted by Gasteiger charge is -2.25. The summed E-state index contributed by atoms with van der Waals surface area (Å²) in [5, 5.41) is 19.2. The largest absolute Gasteiger partial charge is 0.409 e. The zero-order chi connectivity index (χ0) is 15.2. The Morgan fingerprint density at radius 3 is 2.45 bits per heavy atom. The Kier molecular flexibility index (Phi) is 6.05. The number of nitriles is 1. The van der Waals surface area contributed by atoms with Crippen molar-refractivity contribution in [2.24, 2.45) is 10.9 Å². The van der Waals surface area contributed by atoms with Crippen LogP contribution in [0.2, 0.25) is 10.0 Å². The highest BCUT2D eigenvalue weighted by Crippen LogP contribution is 2.28. The molecule has 0 aromatic heterocycles. The molecule has 1 aliphatic heterocycles. The summed E-state index contributed by atoms with van der Waals surface area (Å²) in [5.41, 5.74) is 6.44. The fourth-order valence-electron chi connectivity index (χ4n) is 1.79. The molecule has 0 amide bonds. The van der Waals surface area contributed by atoms with Crippen LogP contribution in [0, 0.1) is 11.8 Å². The molecule has 108 valence electrons. The molecule has 1 aliphatic rings. The van der Waals surface area contributed by atoms with Crippen LogP contribution >= 0.6 is 23.2 Å². The van der Waals surface area contributed by atoms with Crippen molar-refractivity contribution in [3.63, 3.8) is 0 Å². The second-order valence-electron chi connectivity index (χ2n) is 3.86. The van der Waals surface area contributed by atoms with Crippen LogP contribution in [0.25, 0.3) is 0 Å². The van der Waals surface area contributed by atoms with Crippen molar-refractivity contribution in [3.05, 3.63) is 33.8 Å². The van der Waals surface area contributed by atoms with Gasteiger partial charge in [-0.15, -0.1) is 0 Å². The van der Waals surface area contributed by atoms with Gasteiger partial charge in [0.15, 0.2) is 5.84 Å². The van der Waals surface area contributed by atoms with Crippen LogP contribution in [0.1, 0.15) is 5.56 Å². The minimum atomic E-state index is -1.23. The Bertz CT molecular complexity index is 514. The summed E-state index contributed by atoms with van der Waals surface area (Å²) in [6.45, 7) is 4.27. The molecule has 0 bridgehead atoms. The second-order valence-corrected chi connectivity index (χ2v) is 4.67. The van der Waals surface area contributed by atoms with E-state index >= 15 is 0 Å². The van der Waals surface area contributed by atoms with Crippen molar-refractivity contribution >= 4 is 29.0 Å². The molecule has 6 nitrogen and oxygen atoms in total. The van der Waals surface area contributed by atoms with Crippen LogP contribution in [0.3, 0.4) is 0 Å². The summed E-state index contributed by atoms with van der Waals surface area (Å²) in [6, 6.07) is 5.15. The smallest absolute Gasteiger partial charge is 0.235 e. The molecule has 0 unspecified atom stereocenters. The van der Waals surface area contributed by atoms with Crippen LogP contribution < -0.4 is 5.73 Å². The normalized spacial score (nSPS) is 17.3. The topological polar surface area (TPSA) is 101 Å². The zero-order valence-electron chi connectivity index (χ0n) is 10.4. The molecular weight excluding hydrogens is 305 g/mol. The van der Waals surface area contributed by atoms with Crippen LogP contribution in [0.5, 0.6) is 0 Å². The average Bonchev–Trinajstić information content (AvgIpc) is 2.94. The molecule has 0 radical (unpaired) electrons. The number of benzene rings is 1. The van der Waals surface area contributed by atoms with Gasteiger partial charge in [0, 0.05) is 13.0 Å². The predicted molar refractivity (Wildman–Crippen MR) is 74.9 cm³/mol. The summed E-state index contributed by atoms with van der Waals surface area (Å²) in [4.78, 5) is 0. The Labute approximate surface area is 126 Å². The third-order valence-corrected chi connectivity index (χ3v) is 3.41. The zero-order valence-corrected chi connectivity index (χ0v) is 11.9. The van der Waals surface area contributed by atoms with Gasteiger partial charge in [-0.1, -0.05) is 34.4 Å². The van der Waals surface area contributed by atoms with E-state index in [0.29, 0.717) is 29.7 Å². The van der Waals surface area contributed by atoms with E-state index in [0.717, 1.165) is 5.56 Å². The van der Waals surface area contributed by atoms with E-state index in [1.807, 2.05) is 0 Å². The van der Waals surface area contributed by atoms with Gasteiger partial charge < -0.3 is 20.4 Å². The van der Waals surface area contributed by atoms with E-state index in [1.54, 1.807) is 18.2 Å². The molecule has 0 spiro atoms. The van der Waals surface area contributed by atoms with Gasteiger partial charge in [0.25, 0.3) is 0 Å². The van der Waals surface area contributed by atoms with E-state index in [-0.39, 0.29) is 5.84 Å². The number of nitrogens with two attached hydrogens (primary N) is 1. The summed E-state index contributed by atoms with van der Waals surface area (Å²) < 4.78 is 10.9. The SMILES string of the molecule is C#N.NC(=NO)C1(Cc2ccc(Cl)c(Cl)c2)OCCO1. The Morgan fingerprint density at radius 1 is 1.35 bits per heavy atom. The van der Waals surface area contributed by atoms with Gasteiger partial charge in [-0.25, -0.2) is 5.26 Å². The quantitative estimate of drug-likeness (QED) is 0.385. The minimum absolute atomic E-state index is 0.119. The number of hydrogen-bond donors (Lipinski definition) is 2. The van der Waals surface area contributed by atoms with E-state index < -0.39 is 5.79 Å². The van der Waals surface area contributed by atoms with Gasteiger partial charge >= 0.3 is 0 Å². The Balaban J connectivity index is 0.000000956. The third-order valence-electron chi connectivity index (χ3n) is 2.67. The maximum absolute atomic E-state index is 8.79.